The first kappa shape index (κ1) is 17.4. The van der Waals surface area contributed by atoms with Crippen LogP contribution in [0.25, 0.3) is 0 Å². The molecule has 1 atom stereocenters. The van der Waals surface area contributed by atoms with Crippen molar-refractivity contribution in [1.29, 1.82) is 0 Å². The number of carbonyl (C=O) groups is 2. The first-order valence-corrected chi connectivity index (χ1v) is 8.16. The molecule has 0 spiro atoms. The highest BCUT2D eigenvalue weighted by molar-refractivity contribution is 5.76. The van der Waals surface area contributed by atoms with Crippen molar-refractivity contribution in [2.45, 2.75) is 44.7 Å². The normalized spacial score (nSPS) is 17.9. The highest BCUT2D eigenvalue weighted by Gasteiger charge is 2.23. The second kappa shape index (κ2) is 9.27. The van der Waals surface area contributed by atoms with Crippen LogP contribution in [0.3, 0.4) is 0 Å². The molecule has 1 heterocycles. The van der Waals surface area contributed by atoms with Crippen molar-refractivity contribution in [3.8, 4) is 0 Å². The molecule has 6 heteroatoms. The molecule has 1 aromatic rings. The summed E-state index contributed by atoms with van der Waals surface area (Å²) in [7, 11) is 0. The summed E-state index contributed by atoms with van der Waals surface area (Å²) in [5.41, 5.74) is 2.88. The van der Waals surface area contributed by atoms with Gasteiger partial charge in [0.1, 0.15) is 0 Å². The summed E-state index contributed by atoms with van der Waals surface area (Å²) in [5, 5.41) is 11.4. The lowest BCUT2D eigenvalue weighted by molar-refractivity contribution is -0.129. The van der Waals surface area contributed by atoms with Crippen molar-refractivity contribution < 1.29 is 14.8 Å². The van der Waals surface area contributed by atoms with Crippen LogP contribution in [0.15, 0.2) is 30.3 Å². The SMILES string of the molecule is O=C(CCCCC(=O)N[C@@H]1CCN(Cc2ccccc2)C1)NO. The lowest BCUT2D eigenvalue weighted by atomic mass is 10.1. The highest BCUT2D eigenvalue weighted by atomic mass is 16.5. The summed E-state index contributed by atoms with van der Waals surface area (Å²) in [6.45, 7) is 2.80. The van der Waals surface area contributed by atoms with Crippen LogP contribution < -0.4 is 10.8 Å². The minimum atomic E-state index is -0.405. The van der Waals surface area contributed by atoms with Gasteiger partial charge in [-0.2, -0.15) is 0 Å². The Bertz CT molecular complexity index is 507. The van der Waals surface area contributed by atoms with Gasteiger partial charge in [0, 0.05) is 38.5 Å². The van der Waals surface area contributed by atoms with Gasteiger partial charge in [0.2, 0.25) is 11.8 Å². The average molecular weight is 319 g/mol. The molecule has 0 radical (unpaired) electrons. The fourth-order valence-corrected chi connectivity index (χ4v) is 2.86. The Morgan fingerprint density at radius 3 is 2.52 bits per heavy atom. The van der Waals surface area contributed by atoms with E-state index in [0.717, 1.165) is 26.1 Å². The highest BCUT2D eigenvalue weighted by Crippen LogP contribution is 2.13. The Morgan fingerprint density at radius 2 is 1.83 bits per heavy atom. The number of carbonyl (C=O) groups excluding carboxylic acids is 2. The predicted octanol–water partition coefficient (Wildman–Crippen LogP) is 1.44. The van der Waals surface area contributed by atoms with Crippen LogP contribution in [0.2, 0.25) is 0 Å². The van der Waals surface area contributed by atoms with Gasteiger partial charge in [-0.1, -0.05) is 30.3 Å². The van der Waals surface area contributed by atoms with Gasteiger partial charge in [-0.15, -0.1) is 0 Å². The van der Waals surface area contributed by atoms with E-state index in [1.54, 1.807) is 5.48 Å². The first-order valence-electron chi connectivity index (χ1n) is 8.16. The molecule has 126 valence electrons. The van der Waals surface area contributed by atoms with E-state index in [4.69, 9.17) is 5.21 Å². The minimum absolute atomic E-state index is 0.0426. The van der Waals surface area contributed by atoms with E-state index in [1.807, 2.05) is 18.2 Å². The van der Waals surface area contributed by atoms with Crippen molar-refractivity contribution in [3.05, 3.63) is 35.9 Å². The van der Waals surface area contributed by atoms with Crippen molar-refractivity contribution in [2.75, 3.05) is 13.1 Å². The molecule has 0 bridgehead atoms. The van der Waals surface area contributed by atoms with Gasteiger partial charge in [0.05, 0.1) is 0 Å². The molecule has 6 nitrogen and oxygen atoms in total. The predicted molar refractivity (Wildman–Crippen MR) is 86.7 cm³/mol. The van der Waals surface area contributed by atoms with E-state index < -0.39 is 5.91 Å². The van der Waals surface area contributed by atoms with E-state index in [-0.39, 0.29) is 18.4 Å². The first-order chi connectivity index (χ1) is 11.2. The second-order valence-corrected chi connectivity index (χ2v) is 6.02. The summed E-state index contributed by atoms with van der Waals surface area (Å²) in [6, 6.07) is 10.6. The van der Waals surface area contributed by atoms with E-state index in [1.165, 1.54) is 5.56 Å². The van der Waals surface area contributed by atoms with Crippen molar-refractivity contribution >= 4 is 11.8 Å². The Morgan fingerprint density at radius 1 is 1.13 bits per heavy atom. The molecular formula is C17H25N3O3. The number of rotatable bonds is 8. The van der Waals surface area contributed by atoms with Crippen LogP contribution in [0.5, 0.6) is 0 Å². The largest absolute Gasteiger partial charge is 0.352 e. The standard InChI is InChI=1S/C17H25N3O3/c21-16(8-4-5-9-17(22)19-23)18-15-10-11-20(13-15)12-14-6-2-1-3-7-14/h1-3,6-7,15,23H,4-5,8-13H2,(H,18,21)(H,19,22)/t15-/m1/s1. The van der Waals surface area contributed by atoms with Crippen molar-refractivity contribution in [3.63, 3.8) is 0 Å². The third-order valence-electron chi connectivity index (χ3n) is 4.07. The molecule has 2 amide bonds. The average Bonchev–Trinajstić information content (AvgIpc) is 2.99. The smallest absolute Gasteiger partial charge is 0.243 e. The molecule has 2 rings (SSSR count). The molecule has 0 unspecified atom stereocenters. The molecule has 0 aliphatic carbocycles. The molecule has 1 aliphatic heterocycles. The van der Waals surface area contributed by atoms with Gasteiger partial charge in [0.25, 0.3) is 0 Å². The van der Waals surface area contributed by atoms with E-state index in [2.05, 4.69) is 22.3 Å². The monoisotopic (exact) mass is 319 g/mol. The number of benzene rings is 1. The number of unbranched alkanes of at least 4 members (excludes halogenated alkanes) is 1. The molecule has 1 fully saturated rings. The zero-order valence-electron chi connectivity index (χ0n) is 13.3. The van der Waals surface area contributed by atoms with Gasteiger partial charge >= 0.3 is 0 Å². The number of likely N-dealkylation sites (tertiary alicyclic amines) is 1. The van der Waals surface area contributed by atoms with Crippen LogP contribution in [-0.2, 0) is 16.1 Å². The zero-order chi connectivity index (χ0) is 16.5. The minimum Gasteiger partial charge on any atom is -0.352 e. The third-order valence-corrected chi connectivity index (χ3v) is 4.07. The van der Waals surface area contributed by atoms with Crippen LogP contribution in [-0.4, -0.2) is 41.1 Å². The van der Waals surface area contributed by atoms with Crippen molar-refractivity contribution in [1.82, 2.24) is 15.7 Å². The fraction of sp³-hybridized carbons (Fsp3) is 0.529. The maximum atomic E-state index is 11.9. The summed E-state index contributed by atoms with van der Waals surface area (Å²) < 4.78 is 0. The topological polar surface area (TPSA) is 81.7 Å². The number of nitrogens with zero attached hydrogens (tertiary/aromatic N) is 1. The number of hydroxylamine groups is 1. The van der Waals surface area contributed by atoms with Gasteiger partial charge in [-0.05, 0) is 24.8 Å². The Kier molecular flexibility index (Phi) is 7.03. The van der Waals surface area contributed by atoms with E-state index in [9.17, 15) is 9.59 Å². The Balaban J connectivity index is 1.61. The lowest BCUT2D eigenvalue weighted by Gasteiger charge is -2.16. The summed E-state index contributed by atoms with van der Waals surface area (Å²) in [6.07, 6.45) is 2.90. The second-order valence-electron chi connectivity index (χ2n) is 6.02. The molecule has 1 aliphatic rings. The molecule has 23 heavy (non-hydrogen) atoms. The van der Waals surface area contributed by atoms with Crippen LogP contribution in [0.1, 0.15) is 37.7 Å². The third kappa shape index (κ3) is 6.38. The van der Waals surface area contributed by atoms with E-state index in [0.29, 0.717) is 19.3 Å². The molecule has 3 N–H and O–H groups in total. The van der Waals surface area contributed by atoms with Crippen LogP contribution in [0, 0.1) is 0 Å². The van der Waals surface area contributed by atoms with E-state index >= 15 is 0 Å². The molecule has 0 aromatic heterocycles. The fourth-order valence-electron chi connectivity index (χ4n) is 2.86. The lowest BCUT2D eigenvalue weighted by Crippen LogP contribution is -2.36. The summed E-state index contributed by atoms with van der Waals surface area (Å²) in [4.78, 5) is 25.1. The molecule has 1 aromatic carbocycles. The van der Waals surface area contributed by atoms with Crippen molar-refractivity contribution in [2.24, 2.45) is 0 Å². The van der Waals surface area contributed by atoms with Gasteiger partial charge in [-0.25, -0.2) is 5.48 Å². The summed E-state index contributed by atoms with van der Waals surface area (Å²) in [5.74, 6) is -0.362. The zero-order valence-corrected chi connectivity index (χ0v) is 13.3. The molecule has 1 saturated heterocycles. The number of amides is 2. The maximum absolute atomic E-state index is 11.9. The van der Waals surface area contributed by atoms with Gasteiger partial charge in [-0.3, -0.25) is 19.7 Å². The Labute approximate surface area is 136 Å². The Hall–Kier alpha value is -1.92. The molecule has 0 saturated carbocycles. The van der Waals surface area contributed by atoms with Gasteiger partial charge < -0.3 is 5.32 Å². The molecular weight excluding hydrogens is 294 g/mol. The quantitative estimate of drug-likeness (QED) is 0.385. The van der Waals surface area contributed by atoms with Crippen LogP contribution in [0.4, 0.5) is 0 Å². The number of hydrogen-bond donors (Lipinski definition) is 3. The van der Waals surface area contributed by atoms with Crippen LogP contribution >= 0.6 is 0 Å². The number of nitrogens with one attached hydrogen (secondary N) is 2. The maximum Gasteiger partial charge on any atom is 0.243 e. The number of hydrogen-bond acceptors (Lipinski definition) is 4. The summed E-state index contributed by atoms with van der Waals surface area (Å²) >= 11 is 0. The van der Waals surface area contributed by atoms with Gasteiger partial charge in [0.15, 0.2) is 0 Å².